The van der Waals surface area contributed by atoms with Crippen LogP contribution in [0.1, 0.15) is 30.5 Å². The van der Waals surface area contributed by atoms with Gasteiger partial charge in [-0.2, -0.15) is 0 Å². The molecule has 0 fully saturated rings. The Morgan fingerprint density at radius 2 is 1.16 bits per heavy atom. The Morgan fingerprint density at radius 1 is 0.659 bits per heavy atom. The number of hydrogen-bond acceptors (Lipinski definition) is 8. The van der Waals surface area contributed by atoms with Gasteiger partial charge in [0.05, 0.1) is 39.6 Å². The molecule has 0 atom stereocenters. The smallest absolute Gasteiger partial charge is 0.332 e. The van der Waals surface area contributed by atoms with E-state index in [0.29, 0.717) is 52.7 Å². The van der Waals surface area contributed by atoms with E-state index in [1.54, 1.807) is 13.8 Å². The van der Waals surface area contributed by atoms with E-state index in [0.717, 1.165) is 20.2 Å². The summed E-state index contributed by atoms with van der Waals surface area (Å²) in [6.45, 7) is 6.61. The van der Waals surface area contributed by atoms with Crippen molar-refractivity contribution in [2.75, 3.05) is 70.8 Å². The predicted octanol–water partition coefficient (Wildman–Crippen LogP) is 6.76. The van der Waals surface area contributed by atoms with Crippen LogP contribution < -0.4 is 4.90 Å². The highest BCUT2D eigenvalue weighted by Crippen LogP contribution is 2.46. The molecule has 4 rings (SSSR count). The van der Waals surface area contributed by atoms with E-state index < -0.39 is 0 Å². The van der Waals surface area contributed by atoms with Crippen LogP contribution in [0.5, 0.6) is 0 Å². The van der Waals surface area contributed by atoms with Crippen molar-refractivity contribution < 1.29 is 33.3 Å². The highest BCUT2D eigenvalue weighted by molar-refractivity contribution is 9.10. The lowest BCUT2D eigenvalue weighted by molar-refractivity contribution is -0.149. The fraction of sp³-hybridized carbons (Fsp3) is 0.353. The Labute approximate surface area is 275 Å². The number of hydrogen-bond donors (Lipinski definition) is 0. The van der Waals surface area contributed by atoms with Crippen LogP contribution >= 0.6 is 31.9 Å². The third-order valence-corrected chi connectivity index (χ3v) is 7.82. The van der Waals surface area contributed by atoms with Gasteiger partial charge in [0.15, 0.2) is 0 Å². The number of carbonyl (C=O) groups is 2. The van der Waals surface area contributed by atoms with Crippen LogP contribution in [0.3, 0.4) is 0 Å². The van der Waals surface area contributed by atoms with E-state index in [4.69, 9.17) is 23.7 Å². The summed E-state index contributed by atoms with van der Waals surface area (Å²) in [5.41, 5.74) is 8.09. The summed E-state index contributed by atoms with van der Waals surface area (Å²) in [5, 5.41) is 0. The van der Waals surface area contributed by atoms with Gasteiger partial charge in [0, 0.05) is 27.7 Å². The summed E-state index contributed by atoms with van der Waals surface area (Å²) in [5.74, 6) is -0.764. The van der Waals surface area contributed by atoms with Crippen LogP contribution in [0.2, 0.25) is 0 Å². The Kier molecular flexibility index (Phi) is 13.4. The molecule has 0 saturated carbocycles. The Hall–Kier alpha value is -3.02. The van der Waals surface area contributed by atoms with E-state index in [-0.39, 0.29) is 25.2 Å². The quantitative estimate of drug-likeness (QED) is 0.0871. The molecule has 3 aromatic carbocycles. The summed E-state index contributed by atoms with van der Waals surface area (Å²) >= 11 is 7.28. The van der Waals surface area contributed by atoms with E-state index in [1.807, 2.05) is 0 Å². The molecule has 8 nitrogen and oxygen atoms in total. The maximum atomic E-state index is 11.7. The number of carbonyl (C=O) groups excluding carboxylic acids is 2. The van der Waals surface area contributed by atoms with Crippen LogP contribution in [-0.4, -0.2) is 77.9 Å². The Bertz CT molecular complexity index is 1390. The third kappa shape index (κ3) is 9.74. The van der Waals surface area contributed by atoms with Crippen molar-refractivity contribution in [1.29, 1.82) is 0 Å². The molecular weight excluding hydrogens is 694 g/mol. The van der Waals surface area contributed by atoms with Gasteiger partial charge in [-0.05, 0) is 89.7 Å². The summed E-state index contributed by atoms with van der Waals surface area (Å²) in [4.78, 5) is 25.2. The zero-order valence-electron chi connectivity index (χ0n) is 25.0. The van der Waals surface area contributed by atoms with E-state index in [1.165, 1.54) is 27.8 Å². The first-order chi connectivity index (χ1) is 21.4. The first-order valence-electron chi connectivity index (χ1n) is 14.6. The monoisotopic (exact) mass is 729 g/mol. The van der Waals surface area contributed by atoms with Crippen LogP contribution in [0, 0.1) is 0 Å². The van der Waals surface area contributed by atoms with Crippen LogP contribution in [0.15, 0.2) is 69.6 Å². The second-order valence-corrected chi connectivity index (χ2v) is 11.7. The summed E-state index contributed by atoms with van der Waals surface area (Å²) < 4.78 is 28.5. The van der Waals surface area contributed by atoms with E-state index in [9.17, 15) is 9.59 Å². The van der Waals surface area contributed by atoms with Crippen LogP contribution in [-0.2, 0) is 33.3 Å². The average Bonchev–Trinajstić information content (AvgIpc) is 3.29. The van der Waals surface area contributed by atoms with Crippen LogP contribution in [0.4, 0.5) is 5.69 Å². The van der Waals surface area contributed by atoms with Gasteiger partial charge < -0.3 is 28.6 Å². The van der Waals surface area contributed by atoms with Gasteiger partial charge in [-0.1, -0.05) is 56.1 Å². The van der Waals surface area contributed by atoms with Gasteiger partial charge in [0.1, 0.15) is 13.2 Å². The molecular formula is C34H37Br2NO7. The number of halogens is 2. The molecule has 0 radical (unpaired) electrons. The second-order valence-electron chi connectivity index (χ2n) is 9.84. The SMILES string of the molecule is CCOC(=O)COCCOCCN(CCOCC(=O)OCC)c1ccc(C=C2c3cc(Br)ccc3-c3ccc(Br)cc32)cc1. The molecule has 0 aromatic heterocycles. The third-order valence-electron chi connectivity index (χ3n) is 6.84. The number of ether oxygens (including phenoxy) is 5. The molecule has 44 heavy (non-hydrogen) atoms. The Morgan fingerprint density at radius 3 is 1.70 bits per heavy atom. The molecule has 0 saturated heterocycles. The standard InChI is InChI=1S/C34H37Br2NO7/c1-3-43-33(38)22-41-16-14-37(13-15-40-17-18-42-23-34(39)44-4-2)27-9-5-24(6-10-27)19-30-31-20-25(35)7-11-28(31)29-12-8-26(36)21-32(29)30/h5-12,19-21H,3-4,13-18,22-23H2,1-2H3. The van der Waals surface area contributed by atoms with Gasteiger partial charge in [-0.15, -0.1) is 0 Å². The Balaban J connectivity index is 1.42. The lowest BCUT2D eigenvalue weighted by atomic mass is 10.0. The highest BCUT2D eigenvalue weighted by Gasteiger charge is 2.24. The fourth-order valence-corrected chi connectivity index (χ4v) is 5.57. The van der Waals surface area contributed by atoms with Gasteiger partial charge >= 0.3 is 11.9 Å². The van der Waals surface area contributed by atoms with Gasteiger partial charge in [0.25, 0.3) is 0 Å². The van der Waals surface area contributed by atoms with Crippen molar-refractivity contribution in [3.05, 3.63) is 86.3 Å². The topological polar surface area (TPSA) is 83.5 Å². The number of nitrogens with zero attached hydrogens (tertiary/aromatic N) is 1. The summed E-state index contributed by atoms with van der Waals surface area (Å²) in [6.07, 6.45) is 2.22. The molecule has 234 valence electrons. The second kappa shape index (κ2) is 17.5. The van der Waals surface area contributed by atoms with Crippen molar-refractivity contribution in [1.82, 2.24) is 0 Å². The fourth-order valence-electron chi connectivity index (χ4n) is 4.85. The first-order valence-corrected chi connectivity index (χ1v) is 16.2. The lowest BCUT2D eigenvalue weighted by Gasteiger charge is -2.25. The molecule has 1 aliphatic carbocycles. The molecule has 0 amide bonds. The number of anilines is 1. The lowest BCUT2D eigenvalue weighted by Crippen LogP contribution is -2.32. The van der Waals surface area contributed by atoms with Gasteiger partial charge in [-0.25, -0.2) is 9.59 Å². The number of benzene rings is 3. The highest BCUT2D eigenvalue weighted by atomic mass is 79.9. The van der Waals surface area contributed by atoms with Crippen molar-refractivity contribution in [2.45, 2.75) is 13.8 Å². The molecule has 10 heteroatoms. The number of rotatable bonds is 17. The maximum Gasteiger partial charge on any atom is 0.332 e. The van der Waals surface area contributed by atoms with Crippen molar-refractivity contribution in [2.24, 2.45) is 0 Å². The number of esters is 2. The molecule has 3 aromatic rings. The first kappa shape index (κ1) is 33.9. The summed E-state index contributed by atoms with van der Waals surface area (Å²) in [6, 6.07) is 21.2. The zero-order valence-corrected chi connectivity index (χ0v) is 28.2. The van der Waals surface area contributed by atoms with E-state index >= 15 is 0 Å². The molecule has 1 aliphatic rings. The normalized spacial score (nSPS) is 11.6. The molecule has 0 heterocycles. The molecule has 0 spiro atoms. The largest absolute Gasteiger partial charge is 0.464 e. The van der Waals surface area contributed by atoms with Crippen molar-refractivity contribution >= 4 is 61.1 Å². The minimum atomic E-state index is -0.386. The molecule has 0 unspecified atom stereocenters. The average molecular weight is 731 g/mol. The minimum Gasteiger partial charge on any atom is -0.464 e. The van der Waals surface area contributed by atoms with Gasteiger partial charge in [-0.3, -0.25) is 0 Å². The van der Waals surface area contributed by atoms with Crippen molar-refractivity contribution in [3.63, 3.8) is 0 Å². The maximum absolute atomic E-state index is 11.7. The zero-order chi connectivity index (χ0) is 31.3. The van der Waals surface area contributed by atoms with E-state index in [2.05, 4.69) is 103 Å². The molecule has 0 N–H and O–H groups in total. The summed E-state index contributed by atoms with van der Waals surface area (Å²) in [7, 11) is 0. The van der Waals surface area contributed by atoms with Crippen molar-refractivity contribution in [3.8, 4) is 11.1 Å². The van der Waals surface area contributed by atoms with Gasteiger partial charge in [0.2, 0.25) is 0 Å². The number of fused-ring (bicyclic) bond motifs is 3. The molecule has 0 aliphatic heterocycles. The minimum absolute atomic E-state index is 0.0856. The predicted molar refractivity (Wildman–Crippen MR) is 179 cm³/mol. The molecule has 0 bridgehead atoms. The van der Waals surface area contributed by atoms with Crippen LogP contribution in [0.25, 0.3) is 22.8 Å².